The van der Waals surface area contributed by atoms with Crippen LogP contribution in [-0.4, -0.2) is 27.2 Å². The number of nitrogens with zero attached hydrogens (tertiary/aromatic N) is 3. The Morgan fingerprint density at radius 2 is 1.79 bits per heavy atom. The fourth-order valence-corrected chi connectivity index (χ4v) is 3.70. The highest BCUT2D eigenvalue weighted by Crippen LogP contribution is 2.30. The molecule has 174 valence electrons. The van der Waals surface area contributed by atoms with Crippen molar-refractivity contribution >= 4 is 5.82 Å². The normalized spacial score (nSPS) is 11.0. The van der Waals surface area contributed by atoms with Gasteiger partial charge in [-0.3, -0.25) is 4.79 Å². The molecular weight excluding hydrogens is 428 g/mol. The highest BCUT2D eigenvalue weighted by molar-refractivity contribution is 5.74. The number of aromatic amines is 1. The number of nitrogens with one attached hydrogen (secondary N) is 2. The Balaban J connectivity index is 0.00000160. The van der Waals surface area contributed by atoms with Crippen LogP contribution < -0.4 is 16.6 Å². The summed E-state index contributed by atoms with van der Waals surface area (Å²) >= 11 is 0. The van der Waals surface area contributed by atoms with E-state index in [-0.39, 0.29) is 15.7 Å². The average Bonchev–Trinajstić information content (AvgIpc) is 3.36. The molecule has 0 aliphatic heterocycles. The van der Waals surface area contributed by atoms with Gasteiger partial charge in [-0.2, -0.15) is 0 Å². The predicted molar refractivity (Wildman–Crippen MR) is 138 cm³/mol. The fourth-order valence-electron chi connectivity index (χ4n) is 3.70. The SMILES string of the molecule is CNCc1ccc(-c2cc(-c3nc(-c4c[nH]c(=O)c(-c5ccccc5)c4)cnc3N)on2)cc1.[HH].[HH].[HH]. The van der Waals surface area contributed by atoms with Crippen molar-refractivity contribution in [2.45, 2.75) is 6.54 Å². The molecule has 8 heteroatoms. The molecule has 0 radical (unpaired) electrons. The van der Waals surface area contributed by atoms with Gasteiger partial charge in [-0.15, -0.1) is 0 Å². The number of H-pyrrole nitrogens is 1. The van der Waals surface area contributed by atoms with Crippen molar-refractivity contribution in [2.24, 2.45) is 0 Å². The lowest BCUT2D eigenvalue weighted by Gasteiger charge is -2.07. The topological polar surface area (TPSA) is 123 Å². The molecule has 0 atom stereocenters. The zero-order valence-corrected chi connectivity index (χ0v) is 18.4. The highest BCUT2D eigenvalue weighted by Gasteiger charge is 2.16. The van der Waals surface area contributed by atoms with Gasteiger partial charge < -0.3 is 20.6 Å². The van der Waals surface area contributed by atoms with Crippen LogP contribution in [0, 0.1) is 0 Å². The van der Waals surface area contributed by atoms with E-state index in [1.807, 2.05) is 61.6 Å². The summed E-state index contributed by atoms with van der Waals surface area (Å²) < 4.78 is 5.56. The number of aromatic nitrogens is 4. The molecule has 0 amide bonds. The van der Waals surface area contributed by atoms with Gasteiger partial charge in [0, 0.05) is 39.8 Å². The van der Waals surface area contributed by atoms with Gasteiger partial charge in [0.1, 0.15) is 5.69 Å². The van der Waals surface area contributed by atoms with Gasteiger partial charge in [-0.05, 0) is 24.2 Å². The Hall–Kier alpha value is -4.56. The van der Waals surface area contributed by atoms with E-state index in [1.165, 1.54) is 5.56 Å². The molecule has 5 aromatic rings. The minimum Gasteiger partial charge on any atom is -0.382 e. The van der Waals surface area contributed by atoms with Crippen molar-refractivity contribution in [3.8, 4) is 45.1 Å². The Morgan fingerprint density at radius 1 is 1.00 bits per heavy atom. The molecule has 34 heavy (non-hydrogen) atoms. The van der Waals surface area contributed by atoms with E-state index >= 15 is 0 Å². The number of rotatable bonds is 6. The molecule has 8 nitrogen and oxygen atoms in total. The third kappa shape index (κ3) is 4.22. The molecule has 0 fully saturated rings. The van der Waals surface area contributed by atoms with Crippen molar-refractivity contribution in [3.63, 3.8) is 0 Å². The summed E-state index contributed by atoms with van der Waals surface area (Å²) in [7, 11) is 1.91. The van der Waals surface area contributed by atoms with E-state index in [0.29, 0.717) is 34.0 Å². The van der Waals surface area contributed by atoms with E-state index < -0.39 is 0 Å². The third-order valence-electron chi connectivity index (χ3n) is 5.46. The maximum absolute atomic E-state index is 12.4. The Kier molecular flexibility index (Phi) is 5.72. The van der Waals surface area contributed by atoms with E-state index in [2.05, 4.69) is 25.4 Å². The Bertz CT molecular complexity index is 1510. The van der Waals surface area contributed by atoms with Crippen molar-refractivity contribution in [3.05, 3.63) is 95.0 Å². The number of benzene rings is 2. The van der Waals surface area contributed by atoms with E-state index in [0.717, 1.165) is 17.7 Å². The summed E-state index contributed by atoms with van der Waals surface area (Å²) in [4.78, 5) is 24.2. The molecule has 0 aliphatic rings. The van der Waals surface area contributed by atoms with Gasteiger partial charge in [0.2, 0.25) is 0 Å². The van der Waals surface area contributed by atoms with Crippen LogP contribution in [0.3, 0.4) is 0 Å². The quantitative estimate of drug-likeness (QED) is 0.333. The number of hydrogen-bond acceptors (Lipinski definition) is 7. The van der Waals surface area contributed by atoms with Crippen molar-refractivity contribution < 1.29 is 8.80 Å². The molecule has 0 unspecified atom stereocenters. The second-order valence-electron chi connectivity index (χ2n) is 7.79. The number of nitrogens with two attached hydrogens (primary N) is 1. The molecule has 0 saturated carbocycles. The highest BCUT2D eigenvalue weighted by atomic mass is 16.5. The summed E-state index contributed by atoms with van der Waals surface area (Å²) in [6.07, 6.45) is 3.18. The molecule has 0 spiro atoms. The summed E-state index contributed by atoms with van der Waals surface area (Å²) in [5, 5.41) is 7.31. The van der Waals surface area contributed by atoms with Gasteiger partial charge in [0.15, 0.2) is 17.3 Å². The summed E-state index contributed by atoms with van der Waals surface area (Å²) in [5.41, 5.74) is 11.7. The Labute approximate surface area is 200 Å². The number of nitrogen functional groups attached to an aromatic ring is 1. The van der Waals surface area contributed by atoms with E-state index in [1.54, 1.807) is 24.5 Å². The van der Waals surface area contributed by atoms with Gasteiger partial charge in [-0.1, -0.05) is 59.8 Å². The lowest BCUT2D eigenvalue weighted by Crippen LogP contribution is -2.08. The van der Waals surface area contributed by atoms with Crippen LogP contribution in [0.4, 0.5) is 5.82 Å². The first-order chi connectivity index (χ1) is 16.6. The first-order valence-corrected chi connectivity index (χ1v) is 10.7. The zero-order chi connectivity index (χ0) is 23.5. The fraction of sp³-hybridized carbons (Fsp3) is 0.0769. The molecule has 2 aromatic carbocycles. The molecule has 3 heterocycles. The summed E-state index contributed by atoms with van der Waals surface area (Å²) in [6.45, 7) is 0.792. The van der Waals surface area contributed by atoms with E-state index in [4.69, 9.17) is 10.3 Å². The maximum Gasteiger partial charge on any atom is 0.255 e. The lowest BCUT2D eigenvalue weighted by atomic mass is 10.0. The summed E-state index contributed by atoms with van der Waals surface area (Å²) in [5.74, 6) is 0.636. The molecule has 3 aromatic heterocycles. The minimum absolute atomic E-state index is 0. The van der Waals surface area contributed by atoms with Crippen LogP contribution in [0.25, 0.3) is 45.1 Å². The van der Waals surface area contributed by atoms with Crippen molar-refractivity contribution in [2.75, 3.05) is 12.8 Å². The number of pyridine rings is 1. The summed E-state index contributed by atoms with van der Waals surface area (Å²) in [6, 6.07) is 21.1. The second kappa shape index (κ2) is 9.13. The van der Waals surface area contributed by atoms with Crippen LogP contribution in [-0.2, 0) is 6.54 Å². The minimum atomic E-state index is -0.181. The average molecular weight is 457 g/mol. The van der Waals surface area contributed by atoms with Gasteiger partial charge in [-0.25, -0.2) is 9.97 Å². The first kappa shape index (κ1) is 21.3. The van der Waals surface area contributed by atoms with Crippen molar-refractivity contribution in [1.82, 2.24) is 25.4 Å². The lowest BCUT2D eigenvalue weighted by molar-refractivity contribution is 0.434. The van der Waals surface area contributed by atoms with Gasteiger partial charge in [0.25, 0.3) is 5.56 Å². The monoisotopic (exact) mass is 456 g/mol. The number of hydrogen-bond donors (Lipinski definition) is 3. The van der Waals surface area contributed by atoms with Crippen LogP contribution in [0.2, 0.25) is 0 Å². The van der Waals surface area contributed by atoms with Crippen LogP contribution >= 0.6 is 0 Å². The van der Waals surface area contributed by atoms with Gasteiger partial charge in [0.05, 0.1) is 11.9 Å². The molecule has 0 bridgehead atoms. The Morgan fingerprint density at radius 3 is 2.56 bits per heavy atom. The smallest absolute Gasteiger partial charge is 0.255 e. The molecule has 4 N–H and O–H groups in total. The predicted octanol–water partition coefficient (Wildman–Crippen LogP) is 4.86. The molecular formula is C26H28N6O2. The molecule has 5 rings (SSSR count). The van der Waals surface area contributed by atoms with E-state index in [9.17, 15) is 4.79 Å². The largest absolute Gasteiger partial charge is 0.382 e. The van der Waals surface area contributed by atoms with Gasteiger partial charge >= 0.3 is 0 Å². The van der Waals surface area contributed by atoms with Crippen LogP contribution in [0.15, 0.2) is 88.4 Å². The molecule has 0 aliphatic carbocycles. The zero-order valence-electron chi connectivity index (χ0n) is 18.4. The van der Waals surface area contributed by atoms with Crippen LogP contribution in [0.1, 0.15) is 9.84 Å². The number of anilines is 1. The first-order valence-electron chi connectivity index (χ1n) is 10.7. The molecule has 0 saturated heterocycles. The third-order valence-corrected chi connectivity index (χ3v) is 5.46. The second-order valence-corrected chi connectivity index (χ2v) is 7.79. The van der Waals surface area contributed by atoms with Crippen LogP contribution in [0.5, 0.6) is 0 Å². The maximum atomic E-state index is 12.4. The van der Waals surface area contributed by atoms with Crippen molar-refractivity contribution in [1.29, 1.82) is 0 Å². The standard InChI is InChI=1S/C26H22N6O2.3H2/c1-28-13-16-7-9-18(10-8-16)21-12-23(34-32-21)24-25(27)29-15-22(31-24)19-11-20(26(33)30-14-19)17-5-3-2-4-6-17;;;/h2-12,14-15,28H,13H2,1H3,(H2,27,29)(H,30,33);3*1H.